The fourth-order valence-corrected chi connectivity index (χ4v) is 2.31. The average Bonchev–Trinajstić information content (AvgIpc) is 2.78. The van der Waals surface area contributed by atoms with E-state index < -0.39 is 38.9 Å². The summed E-state index contributed by atoms with van der Waals surface area (Å²) in [6, 6.07) is 0.888. The normalized spacial score (nSPS) is 12.9. The summed E-state index contributed by atoms with van der Waals surface area (Å²) < 4.78 is 34.9. The molecule has 0 amide bonds. The Balaban J connectivity index is 2.86. The van der Waals surface area contributed by atoms with Crippen molar-refractivity contribution in [3.8, 4) is 0 Å². The van der Waals surface area contributed by atoms with Crippen molar-refractivity contribution in [2.45, 2.75) is 25.0 Å². The third-order valence-electron chi connectivity index (χ3n) is 2.03. The molecule has 0 aliphatic rings. The summed E-state index contributed by atoms with van der Waals surface area (Å²) in [5.74, 6) is -2.64. The molecule has 0 aliphatic heterocycles. The minimum Gasteiger partial charge on any atom is -0.475 e. The minimum atomic E-state index is -4.12. The molecule has 1 atom stereocenters. The fraction of sp³-hybridized carbons (Fsp3) is 0.400. The standard InChI is InChI=1S/C10H13NO7S/c1-3-17-10(14)6(2)11-19(15,16)8-5-4-7(18-8)9(12)13/h4-6,11H,3H2,1-2H3,(H,12,13). The summed E-state index contributed by atoms with van der Waals surface area (Å²) in [6.07, 6.45) is 0. The molecule has 1 rings (SSSR count). The first-order valence-electron chi connectivity index (χ1n) is 5.30. The quantitative estimate of drug-likeness (QED) is 0.718. The number of sulfonamides is 1. The molecule has 0 aromatic carbocycles. The van der Waals surface area contributed by atoms with Crippen LogP contribution in [-0.4, -0.2) is 38.1 Å². The molecule has 1 heterocycles. The molecule has 106 valence electrons. The third-order valence-corrected chi connectivity index (χ3v) is 3.44. The smallest absolute Gasteiger partial charge is 0.371 e. The molecular formula is C10H13NO7S. The molecule has 0 aliphatic carbocycles. The highest BCUT2D eigenvalue weighted by atomic mass is 32.2. The monoisotopic (exact) mass is 291 g/mol. The van der Waals surface area contributed by atoms with Crippen LogP contribution in [0.15, 0.2) is 21.6 Å². The molecular weight excluding hydrogens is 278 g/mol. The molecule has 0 saturated carbocycles. The van der Waals surface area contributed by atoms with Crippen molar-refractivity contribution in [2.24, 2.45) is 0 Å². The Bertz CT molecular complexity index is 574. The Hall–Kier alpha value is -1.87. The van der Waals surface area contributed by atoms with Crippen LogP contribution >= 0.6 is 0 Å². The van der Waals surface area contributed by atoms with E-state index in [4.69, 9.17) is 5.11 Å². The lowest BCUT2D eigenvalue weighted by Crippen LogP contribution is -2.39. The third kappa shape index (κ3) is 3.80. The first-order valence-corrected chi connectivity index (χ1v) is 6.78. The Kier molecular flexibility index (Phi) is 4.67. The van der Waals surface area contributed by atoms with E-state index in [1.54, 1.807) is 6.92 Å². The Morgan fingerprint density at radius 2 is 2.11 bits per heavy atom. The van der Waals surface area contributed by atoms with Crippen LogP contribution in [-0.2, 0) is 19.6 Å². The van der Waals surface area contributed by atoms with E-state index in [9.17, 15) is 18.0 Å². The largest absolute Gasteiger partial charge is 0.475 e. The van der Waals surface area contributed by atoms with Crippen molar-refractivity contribution >= 4 is 22.0 Å². The first-order chi connectivity index (χ1) is 8.77. The maximum Gasteiger partial charge on any atom is 0.371 e. The van der Waals surface area contributed by atoms with E-state index in [2.05, 4.69) is 9.15 Å². The summed E-state index contributed by atoms with van der Waals surface area (Å²) in [7, 11) is -4.12. The predicted molar refractivity (Wildman–Crippen MR) is 62.1 cm³/mol. The van der Waals surface area contributed by atoms with Gasteiger partial charge < -0.3 is 14.3 Å². The number of rotatable bonds is 6. The molecule has 0 saturated heterocycles. The van der Waals surface area contributed by atoms with Gasteiger partial charge in [-0.3, -0.25) is 4.79 Å². The van der Waals surface area contributed by atoms with Crippen LogP contribution in [0, 0.1) is 0 Å². The van der Waals surface area contributed by atoms with Gasteiger partial charge in [0.15, 0.2) is 0 Å². The van der Waals surface area contributed by atoms with Crippen molar-refractivity contribution in [3.63, 3.8) is 0 Å². The first kappa shape index (κ1) is 15.2. The van der Waals surface area contributed by atoms with E-state index in [1.807, 2.05) is 4.72 Å². The van der Waals surface area contributed by atoms with Gasteiger partial charge in [0.2, 0.25) is 10.9 Å². The van der Waals surface area contributed by atoms with Crippen LogP contribution < -0.4 is 4.72 Å². The molecule has 0 fully saturated rings. The van der Waals surface area contributed by atoms with Gasteiger partial charge in [-0.05, 0) is 26.0 Å². The number of carboxylic acids is 1. The second-order valence-corrected chi connectivity index (χ2v) is 5.16. The summed E-state index contributed by atoms with van der Waals surface area (Å²) in [6.45, 7) is 3.01. The summed E-state index contributed by atoms with van der Waals surface area (Å²) in [4.78, 5) is 21.9. The van der Waals surface area contributed by atoms with Gasteiger partial charge in [0, 0.05) is 0 Å². The molecule has 0 bridgehead atoms. The second-order valence-electron chi connectivity index (χ2n) is 3.52. The number of ether oxygens (including phenoxy) is 1. The molecule has 1 aromatic heterocycles. The van der Waals surface area contributed by atoms with Gasteiger partial charge in [-0.15, -0.1) is 0 Å². The van der Waals surface area contributed by atoms with Gasteiger partial charge in [0.25, 0.3) is 10.0 Å². The van der Waals surface area contributed by atoms with Gasteiger partial charge in [-0.25, -0.2) is 13.2 Å². The number of furan rings is 1. The molecule has 9 heteroatoms. The fourth-order valence-electron chi connectivity index (χ4n) is 1.19. The number of aromatic carboxylic acids is 1. The number of carbonyl (C=O) groups is 2. The highest BCUT2D eigenvalue weighted by molar-refractivity contribution is 7.89. The van der Waals surface area contributed by atoms with E-state index in [1.165, 1.54) is 6.92 Å². The zero-order chi connectivity index (χ0) is 14.6. The highest BCUT2D eigenvalue weighted by Crippen LogP contribution is 2.14. The van der Waals surface area contributed by atoms with E-state index in [0.29, 0.717) is 0 Å². The Morgan fingerprint density at radius 1 is 1.47 bits per heavy atom. The number of carboxylic acid groups (broad SMARTS) is 1. The van der Waals surface area contributed by atoms with E-state index in [-0.39, 0.29) is 6.61 Å². The molecule has 0 radical (unpaired) electrons. The van der Waals surface area contributed by atoms with Crippen molar-refractivity contribution < 1.29 is 32.3 Å². The summed E-state index contributed by atoms with van der Waals surface area (Å²) in [5, 5.41) is 8.04. The predicted octanol–water partition coefficient (Wildman–Crippen LogP) is 0.208. The number of carbonyl (C=O) groups excluding carboxylic acids is 1. The summed E-state index contributed by atoms with van der Waals surface area (Å²) >= 11 is 0. The van der Waals surface area contributed by atoms with Gasteiger partial charge in [0.05, 0.1) is 6.61 Å². The van der Waals surface area contributed by atoms with Gasteiger partial charge in [-0.2, -0.15) is 4.72 Å². The number of esters is 1. The van der Waals surface area contributed by atoms with Crippen LogP contribution in [0.1, 0.15) is 24.4 Å². The molecule has 0 spiro atoms. The van der Waals surface area contributed by atoms with Crippen LogP contribution in [0.5, 0.6) is 0 Å². The van der Waals surface area contributed by atoms with Crippen molar-refractivity contribution in [1.82, 2.24) is 4.72 Å². The zero-order valence-corrected chi connectivity index (χ0v) is 11.1. The Labute approximate surface area is 109 Å². The number of hydrogen-bond donors (Lipinski definition) is 2. The van der Waals surface area contributed by atoms with Crippen LogP contribution in [0.4, 0.5) is 0 Å². The molecule has 19 heavy (non-hydrogen) atoms. The maximum atomic E-state index is 11.8. The van der Waals surface area contributed by atoms with Gasteiger partial charge in [0.1, 0.15) is 6.04 Å². The van der Waals surface area contributed by atoms with Crippen LogP contribution in [0.3, 0.4) is 0 Å². The van der Waals surface area contributed by atoms with E-state index >= 15 is 0 Å². The van der Waals surface area contributed by atoms with Crippen LogP contribution in [0.2, 0.25) is 0 Å². The Morgan fingerprint density at radius 3 is 2.58 bits per heavy atom. The lowest BCUT2D eigenvalue weighted by atomic mass is 10.4. The number of hydrogen-bond acceptors (Lipinski definition) is 6. The molecule has 2 N–H and O–H groups in total. The minimum absolute atomic E-state index is 0.120. The zero-order valence-electron chi connectivity index (χ0n) is 10.2. The summed E-state index contributed by atoms with van der Waals surface area (Å²) in [5.41, 5.74) is 0. The van der Waals surface area contributed by atoms with Crippen LogP contribution in [0.25, 0.3) is 0 Å². The maximum absolute atomic E-state index is 11.8. The highest BCUT2D eigenvalue weighted by Gasteiger charge is 2.26. The lowest BCUT2D eigenvalue weighted by molar-refractivity contribution is -0.144. The van der Waals surface area contributed by atoms with Crippen molar-refractivity contribution in [2.75, 3.05) is 6.61 Å². The van der Waals surface area contributed by atoms with Gasteiger partial charge in [-0.1, -0.05) is 0 Å². The number of nitrogens with one attached hydrogen (secondary N) is 1. The van der Waals surface area contributed by atoms with E-state index in [0.717, 1.165) is 12.1 Å². The second kappa shape index (κ2) is 5.85. The molecule has 8 nitrogen and oxygen atoms in total. The van der Waals surface area contributed by atoms with Gasteiger partial charge >= 0.3 is 11.9 Å². The SMILES string of the molecule is CCOC(=O)C(C)NS(=O)(=O)c1ccc(C(=O)O)o1. The molecule has 1 aromatic rings. The topological polar surface area (TPSA) is 123 Å². The molecule has 1 unspecified atom stereocenters. The lowest BCUT2D eigenvalue weighted by Gasteiger charge is -2.11. The van der Waals surface area contributed by atoms with Crippen molar-refractivity contribution in [3.05, 3.63) is 17.9 Å². The average molecular weight is 291 g/mol. The van der Waals surface area contributed by atoms with Crippen molar-refractivity contribution in [1.29, 1.82) is 0 Å².